The van der Waals surface area contributed by atoms with Gasteiger partial charge in [-0.1, -0.05) is 44.2 Å². The normalized spacial score (nSPS) is 11.1. The molecular formula is C12H17NO2. The first-order valence-corrected chi connectivity index (χ1v) is 4.99. The summed E-state index contributed by atoms with van der Waals surface area (Å²) in [5.41, 5.74) is 1.05. The van der Waals surface area contributed by atoms with Crippen LogP contribution in [0.3, 0.4) is 0 Å². The van der Waals surface area contributed by atoms with Crippen LogP contribution in [-0.2, 0) is 10.2 Å². The highest BCUT2D eigenvalue weighted by molar-refractivity contribution is 5.76. The second-order valence-electron chi connectivity index (χ2n) is 4.18. The lowest BCUT2D eigenvalue weighted by molar-refractivity contribution is -0.124. The first-order chi connectivity index (χ1) is 7.06. The fourth-order valence-electron chi connectivity index (χ4n) is 1.37. The third kappa shape index (κ3) is 3.36. The summed E-state index contributed by atoms with van der Waals surface area (Å²) >= 11 is 0. The van der Waals surface area contributed by atoms with Crippen molar-refractivity contribution in [2.45, 2.75) is 19.3 Å². The van der Waals surface area contributed by atoms with Crippen LogP contribution in [0.1, 0.15) is 19.4 Å². The first-order valence-electron chi connectivity index (χ1n) is 4.99. The number of aliphatic hydroxyl groups excluding tert-OH is 1. The zero-order valence-corrected chi connectivity index (χ0v) is 9.16. The van der Waals surface area contributed by atoms with E-state index >= 15 is 0 Å². The highest BCUT2D eigenvalue weighted by Gasteiger charge is 2.20. The highest BCUT2D eigenvalue weighted by atomic mass is 16.3. The summed E-state index contributed by atoms with van der Waals surface area (Å²) in [6.07, 6.45) is 0. The van der Waals surface area contributed by atoms with Crippen LogP contribution < -0.4 is 5.32 Å². The molecule has 0 radical (unpaired) electrons. The van der Waals surface area contributed by atoms with E-state index in [9.17, 15) is 4.79 Å². The largest absolute Gasteiger partial charge is 0.387 e. The molecule has 1 amide bonds. The Morgan fingerprint density at radius 1 is 1.33 bits per heavy atom. The molecule has 2 N–H and O–H groups in total. The predicted molar refractivity (Wildman–Crippen MR) is 59.6 cm³/mol. The van der Waals surface area contributed by atoms with Crippen molar-refractivity contribution < 1.29 is 9.90 Å². The van der Waals surface area contributed by atoms with E-state index in [-0.39, 0.29) is 11.3 Å². The van der Waals surface area contributed by atoms with Gasteiger partial charge in [0.25, 0.3) is 0 Å². The second-order valence-corrected chi connectivity index (χ2v) is 4.18. The second kappa shape index (κ2) is 4.94. The molecule has 0 aliphatic heterocycles. The van der Waals surface area contributed by atoms with Gasteiger partial charge in [-0.2, -0.15) is 0 Å². The van der Waals surface area contributed by atoms with Crippen LogP contribution in [0.5, 0.6) is 0 Å². The SMILES string of the molecule is CC(C)(CNC(=O)CO)c1ccccc1. The van der Waals surface area contributed by atoms with Gasteiger partial charge in [0.15, 0.2) is 0 Å². The summed E-state index contributed by atoms with van der Waals surface area (Å²) in [5, 5.41) is 11.3. The number of amides is 1. The number of carbonyl (C=O) groups excluding carboxylic acids is 1. The third-order valence-electron chi connectivity index (χ3n) is 2.43. The van der Waals surface area contributed by atoms with Crippen molar-refractivity contribution in [3.8, 4) is 0 Å². The molecule has 0 unspecified atom stereocenters. The van der Waals surface area contributed by atoms with Gasteiger partial charge in [0.05, 0.1) is 0 Å². The van der Waals surface area contributed by atoms with E-state index < -0.39 is 6.61 Å². The molecule has 0 saturated heterocycles. The molecule has 1 rings (SSSR count). The minimum atomic E-state index is -0.454. The Hall–Kier alpha value is -1.35. The van der Waals surface area contributed by atoms with Gasteiger partial charge in [-0.15, -0.1) is 0 Å². The van der Waals surface area contributed by atoms with Gasteiger partial charge in [0, 0.05) is 12.0 Å². The molecule has 0 saturated carbocycles. The molecule has 0 fully saturated rings. The minimum absolute atomic E-state index is 0.119. The Morgan fingerprint density at radius 3 is 2.47 bits per heavy atom. The number of rotatable bonds is 4. The Labute approximate surface area is 90.1 Å². The fourth-order valence-corrected chi connectivity index (χ4v) is 1.37. The van der Waals surface area contributed by atoms with Crippen LogP contribution in [-0.4, -0.2) is 24.2 Å². The quantitative estimate of drug-likeness (QED) is 0.776. The van der Waals surface area contributed by atoms with Crippen molar-refractivity contribution in [1.29, 1.82) is 0 Å². The van der Waals surface area contributed by atoms with Crippen LogP contribution in [0.2, 0.25) is 0 Å². The van der Waals surface area contributed by atoms with Gasteiger partial charge < -0.3 is 10.4 Å². The molecule has 1 aromatic rings. The highest BCUT2D eigenvalue weighted by Crippen LogP contribution is 2.21. The van der Waals surface area contributed by atoms with Crippen molar-refractivity contribution in [2.24, 2.45) is 0 Å². The van der Waals surface area contributed by atoms with Crippen LogP contribution in [0.25, 0.3) is 0 Å². The molecule has 0 aliphatic carbocycles. The van der Waals surface area contributed by atoms with Crippen LogP contribution >= 0.6 is 0 Å². The zero-order valence-electron chi connectivity index (χ0n) is 9.16. The van der Waals surface area contributed by atoms with Gasteiger partial charge in [-0.25, -0.2) is 0 Å². The lowest BCUT2D eigenvalue weighted by Gasteiger charge is -2.25. The molecular weight excluding hydrogens is 190 g/mol. The van der Waals surface area contributed by atoms with Gasteiger partial charge in [0.2, 0.25) is 5.91 Å². The van der Waals surface area contributed by atoms with Crippen molar-refractivity contribution >= 4 is 5.91 Å². The van der Waals surface area contributed by atoms with Gasteiger partial charge in [-0.3, -0.25) is 4.79 Å². The van der Waals surface area contributed by atoms with E-state index in [1.807, 2.05) is 30.3 Å². The van der Waals surface area contributed by atoms with E-state index in [0.717, 1.165) is 0 Å². The smallest absolute Gasteiger partial charge is 0.245 e. The van der Waals surface area contributed by atoms with Gasteiger partial charge in [0.1, 0.15) is 6.61 Å². The van der Waals surface area contributed by atoms with E-state index in [1.54, 1.807) is 0 Å². The Bertz CT molecular complexity index is 320. The molecule has 0 aromatic heterocycles. The van der Waals surface area contributed by atoms with Gasteiger partial charge in [-0.05, 0) is 5.56 Å². The Kier molecular flexibility index (Phi) is 3.86. The number of hydrogen-bond donors (Lipinski definition) is 2. The third-order valence-corrected chi connectivity index (χ3v) is 2.43. The summed E-state index contributed by atoms with van der Waals surface area (Å²) in [7, 11) is 0. The van der Waals surface area contributed by atoms with E-state index in [0.29, 0.717) is 6.54 Å². The topological polar surface area (TPSA) is 49.3 Å². The fraction of sp³-hybridized carbons (Fsp3) is 0.417. The maximum atomic E-state index is 10.9. The lowest BCUT2D eigenvalue weighted by atomic mass is 9.84. The van der Waals surface area contributed by atoms with Crippen LogP contribution in [0, 0.1) is 0 Å². The number of benzene rings is 1. The van der Waals surface area contributed by atoms with Gasteiger partial charge >= 0.3 is 0 Å². The molecule has 82 valence electrons. The number of hydrogen-bond acceptors (Lipinski definition) is 2. The van der Waals surface area contributed by atoms with Crippen LogP contribution in [0.15, 0.2) is 30.3 Å². The molecule has 0 aliphatic rings. The molecule has 3 heteroatoms. The summed E-state index contributed by atoms with van der Waals surface area (Å²) < 4.78 is 0. The van der Waals surface area contributed by atoms with E-state index in [2.05, 4.69) is 19.2 Å². The molecule has 1 aromatic carbocycles. The molecule has 0 atom stereocenters. The van der Waals surface area contributed by atoms with E-state index in [1.165, 1.54) is 5.56 Å². The average molecular weight is 207 g/mol. The number of carbonyl (C=O) groups is 1. The van der Waals surface area contributed by atoms with Crippen LogP contribution in [0.4, 0.5) is 0 Å². The molecule has 3 nitrogen and oxygen atoms in total. The minimum Gasteiger partial charge on any atom is -0.387 e. The van der Waals surface area contributed by atoms with Crippen molar-refractivity contribution in [3.63, 3.8) is 0 Å². The maximum Gasteiger partial charge on any atom is 0.245 e. The lowest BCUT2D eigenvalue weighted by Crippen LogP contribution is -2.37. The standard InChI is InChI=1S/C12H17NO2/c1-12(2,9-13-11(15)8-14)10-6-4-3-5-7-10/h3-7,14H,8-9H2,1-2H3,(H,13,15). The zero-order chi connectivity index (χ0) is 11.3. The first kappa shape index (κ1) is 11.7. The summed E-state index contributed by atoms with van der Waals surface area (Å²) in [4.78, 5) is 10.9. The predicted octanol–water partition coefficient (Wildman–Crippen LogP) is 1.07. The summed E-state index contributed by atoms with van der Waals surface area (Å²) in [6.45, 7) is 4.18. The average Bonchev–Trinajstić information content (AvgIpc) is 2.27. The Balaban J connectivity index is 2.63. The Morgan fingerprint density at radius 2 is 1.93 bits per heavy atom. The summed E-state index contributed by atoms with van der Waals surface area (Å²) in [6, 6.07) is 9.98. The molecule has 0 heterocycles. The van der Waals surface area contributed by atoms with Crippen molar-refractivity contribution in [3.05, 3.63) is 35.9 Å². The van der Waals surface area contributed by atoms with Crippen molar-refractivity contribution in [1.82, 2.24) is 5.32 Å². The summed E-state index contributed by atoms with van der Waals surface area (Å²) in [5.74, 6) is -0.334. The number of aliphatic hydroxyl groups is 1. The number of nitrogens with one attached hydrogen (secondary N) is 1. The maximum absolute atomic E-state index is 10.9. The van der Waals surface area contributed by atoms with Crippen molar-refractivity contribution in [2.75, 3.05) is 13.2 Å². The van der Waals surface area contributed by atoms with E-state index in [4.69, 9.17) is 5.11 Å². The molecule has 15 heavy (non-hydrogen) atoms. The molecule has 0 bridgehead atoms. The molecule has 0 spiro atoms. The monoisotopic (exact) mass is 207 g/mol.